The van der Waals surface area contributed by atoms with Gasteiger partial charge in [-0.1, -0.05) is 36.4 Å². The van der Waals surface area contributed by atoms with E-state index in [0.717, 1.165) is 11.6 Å². The topological polar surface area (TPSA) is 87.7 Å². The molecule has 2 aromatic carbocycles. The molecule has 0 spiro atoms. The zero-order valence-corrected chi connectivity index (χ0v) is 16.5. The van der Waals surface area contributed by atoms with Crippen LogP contribution in [-0.4, -0.2) is 48.9 Å². The van der Waals surface area contributed by atoms with Crippen molar-refractivity contribution in [3.8, 4) is 0 Å². The van der Waals surface area contributed by atoms with Gasteiger partial charge < -0.3 is 20.3 Å². The first-order chi connectivity index (χ1) is 14.5. The molecule has 7 nitrogen and oxygen atoms in total. The third kappa shape index (κ3) is 6.12. The van der Waals surface area contributed by atoms with E-state index in [1.165, 1.54) is 18.2 Å². The number of amides is 3. The van der Waals surface area contributed by atoms with Gasteiger partial charge in [0.1, 0.15) is 11.9 Å². The molecule has 2 aromatic rings. The summed E-state index contributed by atoms with van der Waals surface area (Å²) in [5.74, 6) is -2.24. The third-order valence-corrected chi connectivity index (χ3v) is 4.73. The summed E-state index contributed by atoms with van der Waals surface area (Å²) in [6, 6.07) is 15.0. The highest BCUT2D eigenvalue weighted by Crippen LogP contribution is 2.22. The largest absolute Gasteiger partial charge is 0.370 e. The van der Waals surface area contributed by atoms with E-state index < -0.39 is 17.6 Å². The summed E-state index contributed by atoms with van der Waals surface area (Å²) < 4.78 is 18.9. The Bertz CT molecular complexity index is 891. The van der Waals surface area contributed by atoms with Crippen molar-refractivity contribution in [2.75, 3.05) is 31.6 Å². The van der Waals surface area contributed by atoms with Crippen LogP contribution < -0.4 is 10.6 Å². The second-order valence-electron chi connectivity index (χ2n) is 6.93. The van der Waals surface area contributed by atoms with Gasteiger partial charge in [-0.05, 0) is 30.2 Å². The number of halogens is 1. The molecule has 1 aliphatic rings. The van der Waals surface area contributed by atoms with Gasteiger partial charge in [0.25, 0.3) is 0 Å². The van der Waals surface area contributed by atoms with Crippen molar-refractivity contribution in [1.29, 1.82) is 0 Å². The molecule has 0 radical (unpaired) electrons. The number of benzene rings is 2. The first-order valence-electron chi connectivity index (χ1n) is 9.82. The Morgan fingerprint density at radius 2 is 1.87 bits per heavy atom. The molecule has 1 atom stereocenters. The predicted molar refractivity (Wildman–Crippen MR) is 109 cm³/mol. The second kappa shape index (κ2) is 10.5. The molecule has 1 saturated heterocycles. The van der Waals surface area contributed by atoms with Crippen LogP contribution in [0.1, 0.15) is 24.5 Å². The monoisotopic (exact) mass is 413 g/mol. The summed E-state index contributed by atoms with van der Waals surface area (Å²) in [7, 11) is 0. The number of nitrogens with one attached hydrogen (secondary N) is 2. The molecule has 1 fully saturated rings. The van der Waals surface area contributed by atoms with E-state index >= 15 is 0 Å². The molecule has 8 heteroatoms. The zero-order chi connectivity index (χ0) is 21.3. The summed E-state index contributed by atoms with van der Waals surface area (Å²) in [6.45, 7) is 1.69. The fraction of sp³-hybridized carbons (Fsp3) is 0.318. The van der Waals surface area contributed by atoms with Crippen LogP contribution >= 0.6 is 0 Å². The fourth-order valence-corrected chi connectivity index (χ4v) is 3.18. The Morgan fingerprint density at radius 3 is 2.63 bits per heavy atom. The van der Waals surface area contributed by atoms with Crippen molar-refractivity contribution in [3.63, 3.8) is 0 Å². The standard InChI is InChI=1S/C22H24FN3O4/c23-17-8-4-9-18(14-17)25-22(29)21(28)24-11-5-10-20(27)26-12-13-30-19(15-26)16-6-2-1-3-7-16/h1-4,6-9,14,19H,5,10-13,15H2,(H,24,28)(H,25,29). The Balaban J connectivity index is 1.38. The molecule has 0 aliphatic carbocycles. The minimum Gasteiger partial charge on any atom is -0.370 e. The number of carbonyl (C=O) groups excluding carboxylic acids is 3. The highest BCUT2D eigenvalue weighted by molar-refractivity contribution is 6.39. The zero-order valence-electron chi connectivity index (χ0n) is 16.5. The fourth-order valence-electron chi connectivity index (χ4n) is 3.18. The smallest absolute Gasteiger partial charge is 0.313 e. The van der Waals surface area contributed by atoms with E-state index in [4.69, 9.17) is 4.74 Å². The number of morpholine rings is 1. The van der Waals surface area contributed by atoms with Gasteiger partial charge in [-0.3, -0.25) is 14.4 Å². The van der Waals surface area contributed by atoms with Crippen molar-refractivity contribution in [2.45, 2.75) is 18.9 Å². The normalized spacial score (nSPS) is 16.0. The van der Waals surface area contributed by atoms with E-state index in [-0.39, 0.29) is 30.7 Å². The van der Waals surface area contributed by atoms with Crippen molar-refractivity contribution in [1.82, 2.24) is 10.2 Å². The van der Waals surface area contributed by atoms with Gasteiger partial charge in [0.15, 0.2) is 0 Å². The summed E-state index contributed by atoms with van der Waals surface area (Å²) in [5.41, 5.74) is 1.23. The van der Waals surface area contributed by atoms with Crippen LogP contribution in [0.4, 0.5) is 10.1 Å². The number of hydrogen-bond acceptors (Lipinski definition) is 4. The molecular formula is C22H24FN3O4. The Kier molecular flexibility index (Phi) is 7.51. The lowest BCUT2D eigenvalue weighted by Gasteiger charge is -2.33. The average molecular weight is 413 g/mol. The highest BCUT2D eigenvalue weighted by Gasteiger charge is 2.25. The molecule has 3 amide bonds. The van der Waals surface area contributed by atoms with E-state index in [9.17, 15) is 18.8 Å². The number of nitrogens with zero attached hydrogens (tertiary/aromatic N) is 1. The number of anilines is 1. The van der Waals surface area contributed by atoms with Gasteiger partial charge in [-0.25, -0.2) is 4.39 Å². The van der Waals surface area contributed by atoms with E-state index in [1.807, 2.05) is 30.3 Å². The van der Waals surface area contributed by atoms with Gasteiger partial charge in [-0.2, -0.15) is 0 Å². The molecule has 0 saturated carbocycles. The molecule has 3 rings (SSSR count). The number of ether oxygens (including phenoxy) is 1. The van der Waals surface area contributed by atoms with Crippen LogP contribution in [0.2, 0.25) is 0 Å². The van der Waals surface area contributed by atoms with Crippen LogP contribution in [0, 0.1) is 5.82 Å². The van der Waals surface area contributed by atoms with Gasteiger partial charge in [0, 0.05) is 25.2 Å². The first kappa shape index (κ1) is 21.4. The lowest BCUT2D eigenvalue weighted by Crippen LogP contribution is -2.42. The first-order valence-corrected chi connectivity index (χ1v) is 9.82. The van der Waals surface area contributed by atoms with Crippen LogP contribution in [0.15, 0.2) is 54.6 Å². The van der Waals surface area contributed by atoms with Crippen LogP contribution in [0.3, 0.4) is 0 Å². The molecule has 1 aliphatic heterocycles. The molecule has 1 unspecified atom stereocenters. The van der Waals surface area contributed by atoms with Gasteiger partial charge in [0.2, 0.25) is 5.91 Å². The van der Waals surface area contributed by atoms with Crippen LogP contribution in [-0.2, 0) is 19.1 Å². The molecular weight excluding hydrogens is 389 g/mol. The Labute approximate surface area is 174 Å². The highest BCUT2D eigenvalue weighted by atomic mass is 19.1. The number of rotatable bonds is 6. The molecule has 30 heavy (non-hydrogen) atoms. The van der Waals surface area contributed by atoms with Crippen molar-refractivity contribution in [3.05, 3.63) is 66.0 Å². The summed E-state index contributed by atoms with van der Waals surface area (Å²) >= 11 is 0. The Hall–Kier alpha value is -3.26. The lowest BCUT2D eigenvalue weighted by molar-refractivity contribution is -0.139. The van der Waals surface area contributed by atoms with Crippen LogP contribution in [0.25, 0.3) is 0 Å². The van der Waals surface area contributed by atoms with Gasteiger partial charge in [0.05, 0.1) is 13.2 Å². The maximum absolute atomic E-state index is 13.1. The van der Waals surface area contributed by atoms with Crippen LogP contribution in [0.5, 0.6) is 0 Å². The van der Waals surface area contributed by atoms with Gasteiger partial charge in [-0.15, -0.1) is 0 Å². The molecule has 158 valence electrons. The second-order valence-corrected chi connectivity index (χ2v) is 6.93. The quantitative estimate of drug-likeness (QED) is 0.562. The van der Waals surface area contributed by atoms with E-state index in [0.29, 0.717) is 26.1 Å². The Morgan fingerprint density at radius 1 is 1.07 bits per heavy atom. The van der Waals surface area contributed by atoms with Crippen molar-refractivity contribution in [2.24, 2.45) is 0 Å². The van der Waals surface area contributed by atoms with Crippen molar-refractivity contribution < 1.29 is 23.5 Å². The third-order valence-electron chi connectivity index (χ3n) is 4.73. The van der Waals surface area contributed by atoms with Gasteiger partial charge >= 0.3 is 11.8 Å². The SMILES string of the molecule is O=C(NCCCC(=O)N1CCOC(c2ccccc2)C1)C(=O)Nc1cccc(F)c1. The summed E-state index contributed by atoms with van der Waals surface area (Å²) in [6.07, 6.45) is 0.522. The summed E-state index contributed by atoms with van der Waals surface area (Å²) in [4.78, 5) is 37.9. The maximum atomic E-state index is 13.1. The molecule has 0 bridgehead atoms. The lowest BCUT2D eigenvalue weighted by atomic mass is 10.1. The number of carbonyl (C=O) groups is 3. The summed E-state index contributed by atoms with van der Waals surface area (Å²) in [5, 5.41) is 4.79. The van der Waals surface area contributed by atoms with Crippen molar-refractivity contribution >= 4 is 23.4 Å². The molecule has 1 heterocycles. The number of hydrogen-bond donors (Lipinski definition) is 2. The molecule has 2 N–H and O–H groups in total. The minimum absolute atomic E-state index is 0.0160. The van der Waals surface area contributed by atoms with E-state index in [2.05, 4.69) is 10.6 Å². The minimum atomic E-state index is -0.884. The maximum Gasteiger partial charge on any atom is 0.313 e. The average Bonchev–Trinajstić information content (AvgIpc) is 2.77. The predicted octanol–water partition coefficient (Wildman–Crippen LogP) is 2.26. The molecule has 0 aromatic heterocycles. The van der Waals surface area contributed by atoms with E-state index in [1.54, 1.807) is 4.90 Å².